The van der Waals surface area contributed by atoms with Gasteiger partial charge in [-0.3, -0.25) is 9.59 Å². The zero-order valence-corrected chi connectivity index (χ0v) is 13.8. The van der Waals surface area contributed by atoms with Crippen molar-refractivity contribution in [3.8, 4) is 0 Å². The van der Waals surface area contributed by atoms with E-state index in [9.17, 15) is 9.59 Å². The van der Waals surface area contributed by atoms with Gasteiger partial charge in [-0.1, -0.05) is 41.0 Å². The molecule has 0 aromatic rings. The Morgan fingerprint density at radius 2 is 1.95 bits per heavy atom. The van der Waals surface area contributed by atoms with Crippen LogP contribution in [0, 0.1) is 11.3 Å². The fraction of sp³-hybridized carbons (Fsp3) is 0.875. The number of hydrogen-bond donors (Lipinski definition) is 1. The summed E-state index contributed by atoms with van der Waals surface area (Å²) in [6.07, 6.45) is 2.63. The van der Waals surface area contributed by atoms with Crippen LogP contribution in [-0.4, -0.2) is 35.3 Å². The predicted octanol–water partition coefficient (Wildman–Crippen LogP) is 2.57. The summed E-state index contributed by atoms with van der Waals surface area (Å²) in [6, 6.07) is -0.442. The number of nitrogens with one attached hydrogen (secondary N) is 1. The van der Waals surface area contributed by atoms with Gasteiger partial charge < -0.3 is 10.2 Å². The summed E-state index contributed by atoms with van der Waals surface area (Å²) >= 11 is 0. The summed E-state index contributed by atoms with van der Waals surface area (Å²) in [7, 11) is 0. The Hall–Kier alpha value is -1.06. The topological polar surface area (TPSA) is 49.4 Å². The van der Waals surface area contributed by atoms with Crippen molar-refractivity contribution in [3.05, 3.63) is 0 Å². The Balaban J connectivity index is 2.94. The summed E-state index contributed by atoms with van der Waals surface area (Å²) in [5.74, 6) is 0.524. The van der Waals surface area contributed by atoms with E-state index in [1.54, 1.807) is 0 Å². The molecule has 1 fully saturated rings. The van der Waals surface area contributed by atoms with Crippen molar-refractivity contribution < 1.29 is 9.59 Å². The minimum atomic E-state index is -0.422. The maximum absolute atomic E-state index is 12.8. The molecule has 0 radical (unpaired) electrons. The first-order valence-electron chi connectivity index (χ1n) is 7.76. The standard InChI is InChI=1S/C16H30N2O2/c1-7-8-11(2)10-18-12(3)9-13(19)17-14(15(18)20)16(4,5)6/h11-12,14H,7-10H2,1-6H3,(H,17,19). The minimum absolute atomic E-state index is 0.0172. The van der Waals surface area contributed by atoms with Crippen molar-refractivity contribution >= 4 is 11.8 Å². The van der Waals surface area contributed by atoms with E-state index in [4.69, 9.17) is 0 Å². The van der Waals surface area contributed by atoms with Crippen molar-refractivity contribution in [3.63, 3.8) is 0 Å². The molecule has 3 unspecified atom stereocenters. The zero-order chi connectivity index (χ0) is 15.5. The fourth-order valence-corrected chi connectivity index (χ4v) is 2.82. The number of nitrogens with zero attached hydrogens (tertiary/aromatic N) is 1. The first kappa shape index (κ1) is 17.0. The first-order valence-corrected chi connectivity index (χ1v) is 7.76. The van der Waals surface area contributed by atoms with Crippen LogP contribution in [0.5, 0.6) is 0 Å². The van der Waals surface area contributed by atoms with E-state index in [2.05, 4.69) is 19.2 Å². The third-order valence-corrected chi connectivity index (χ3v) is 4.00. The van der Waals surface area contributed by atoms with Crippen LogP contribution in [0.1, 0.15) is 60.8 Å². The van der Waals surface area contributed by atoms with Crippen LogP contribution in [0.3, 0.4) is 0 Å². The van der Waals surface area contributed by atoms with E-state index < -0.39 is 6.04 Å². The van der Waals surface area contributed by atoms with Gasteiger partial charge in [-0.2, -0.15) is 0 Å². The molecule has 0 saturated carbocycles. The van der Waals surface area contributed by atoms with E-state index in [0.717, 1.165) is 19.4 Å². The van der Waals surface area contributed by atoms with Crippen molar-refractivity contribution in [1.29, 1.82) is 0 Å². The number of hydrogen-bond acceptors (Lipinski definition) is 2. The van der Waals surface area contributed by atoms with E-state index in [0.29, 0.717) is 12.3 Å². The fourth-order valence-electron chi connectivity index (χ4n) is 2.82. The number of rotatable bonds is 4. The van der Waals surface area contributed by atoms with Crippen LogP contribution >= 0.6 is 0 Å². The van der Waals surface area contributed by atoms with Gasteiger partial charge in [0.1, 0.15) is 6.04 Å². The molecule has 0 spiro atoms. The van der Waals surface area contributed by atoms with E-state index in [1.807, 2.05) is 32.6 Å². The highest BCUT2D eigenvalue weighted by Crippen LogP contribution is 2.25. The molecule has 1 saturated heterocycles. The number of carbonyl (C=O) groups is 2. The molecular weight excluding hydrogens is 252 g/mol. The van der Waals surface area contributed by atoms with Gasteiger partial charge in [0.15, 0.2) is 0 Å². The van der Waals surface area contributed by atoms with Gasteiger partial charge in [0, 0.05) is 19.0 Å². The average Bonchev–Trinajstić information content (AvgIpc) is 2.40. The maximum Gasteiger partial charge on any atom is 0.245 e. The molecule has 20 heavy (non-hydrogen) atoms. The van der Waals surface area contributed by atoms with Gasteiger partial charge in [-0.25, -0.2) is 0 Å². The molecule has 1 N–H and O–H groups in total. The smallest absolute Gasteiger partial charge is 0.245 e. The minimum Gasteiger partial charge on any atom is -0.344 e. The molecule has 4 heteroatoms. The lowest BCUT2D eigenvalue weighted by Gasteiger charge is -2.35. The van der Waals surface area contributed by atoms with Crippen LogP contribution in [-0.2, 0) is 9.59 Å². The Bertz CT molecular complexity index is 360. The maximum atomic E-state index is 12.8. The molecule has 0 bridgehead atoms. The van der Waals surface area contributed by atoms with Gasteiger partial charge >= 0.3 is 0 Å². The molecule has 4 nitrogen and oxygen atoms in total. The molecule has 2 amide bonds. The third-order valence-electron chi connectivity index (χ3n) is 4.00. The molecular formula is C16H30N2O2. The van der Waals surface area contributed by atoms with Gasteiger partial charge in [-0.05, 0) is 24.7 Å². The normalized spacial score (nSPS) is 26.2. The lowest BCUT2D eigenvalue weighted by molar-refractivity contribution is -0.138. The van der Waals surface area contributed by atoms with Crippen LogP contribution in [0.4, 0.5) is 0 Å². The lowest BCUT2D eigenvalue weighted by Crippen LogP contribution is -2.53. The highest BCUT2D eigenvalue weighted by molar-refractivity contribution is 5.91. The first-order chi connectivity index (χ1) is 9.16. The molecule has 0 aromatic heterocycles. The summed E-state index contributed by atoms with van der Waals surface area (Å²) in [5.41, 5.74) is -0.261. The van der Waals surface area contributed by atoms with Gasteiger partial charge in [0.2, 0.25) is 11.8 Å². The second-order valence-corrected chi connectivity index (χ2v) is 7.30. The Morgan fingerprint density at radius 3 is 2.45 bits per heavy atom. The van der Waals surface area contributed by atoms with Crippen molar-refractivity contribution in [2.75, 3.05) is 6.54 Å². The molecule has 1 aliphatic heterocycles. The second kappa shape index (κ2) is 6.59. The molecule has 0 aromatic carbocycles. The lowest BCUT2D eigenvalue weighted by atomic mass is 9.85. The Labute approximate surface area is 123 Å². The highest BCUT2D eigenvalue weighted by atomic mass is 16.2. The summed E-state index contributed by atoms with van der Waals surface area (Å²) in [6.45, 7) is 13.1. The summed E-state index contributed by atoms with van der Waals surface area (Å²) in [4.78, 5) is 26.7. The molecule has 3 atom stereocenters. The number of amides is 2. The second-order valence-electron chi connectivity index (χ2n) is 7.30. The molecule has 1 rings (SSSR count). The molecule has 116 valence electrons. The van der Waals surface area contributed by atoms with E-state index >= 15 is 0 Å². The predicted molar refractivity (Wildman–Crippen MR) is 81.2 cm³/mol. The van der Waals surface area contributed by atoms with Crippen molar-refractivity contribution in [1.82, 2.24) is 10.2 Å². The third kappa shape index (κ3) is 4.22. The Morgan fingerprint density at radius 1 is 1.35 bits per heavy atom. The van der Waals surface area contributed by atoms with Gasteiger partial charge in [0.25, 0.3) is 0 Å². The molecule has 1 heterocycles. The van der Waals surface area contributed by atoms with Crippen LogP contribution in [0.15, 0.2) is 0 Å². The quantitative estimate of drug-likeness (QED) is 0.861. The Kier molecular flexibility index (Phi) is 5.60. The molecule has 0 aliphatic carbocycles. The van der Waals surface area contributed by atoms with Crippen LogP contribution < -0.4 is 5.32 Å². The van der Waals surface area contributed by atoms with Gasteiger partial charge in [0.05, 0.1) is 0 Å². The number of carbonyl (C=O) groups excluding carboxylic acids is 2. The zero-order valence-electron chi connectivity index (χ0n) is 13.8. The van der Waals surface area contributed by atoms with Crippen molar-refractivity contribution in [2.24, 2.45) is 11.3 Å². The van der Waals surface area contributed by atoms with E-state index in [1.165, 1.54) is 0 Å². The SMILES string of the molecule is CCCC(C)CN1C(=O)C(C(C)(C)C)NC(=O)CC1C. The van der Waals surface area contributed by atoms with Crippen molar-refractivity contribution in [2.45, 2.75) is 72.9 Å². The van der Waals surface area contributed by atoms with E-state index in [-0.39, 0.29) is 23.3 Å². The largest absolute Gasteiger partial charge is 0.344 e. The monoisotopic (exact) mass is 282 g/mol. The highest BCUT2D eigenvalue weighted by Gasteiger charge is 2.40. The summed E-state index contributed by atoms with van der Waals surface area (Å²) in [5, 5.41) is 2.90. The van der Waals surface area contributed by atoms with Crippen LogP contribution in [0.25, 0.3) is 0 Å². The summed E-state index contributed by atoms with van der Waals surface area (Å²) < 4.78 is 0. The average molecular weight is 282 g/mol. The van der Waals surface area contributed by atoms with Gasteiger partial charge in [-0.15, -0.1) is 0 Å². The molecule has 1 aliphatic rings. The van der Waals surface area contributed by atoms with Crippen LogP contribution in [0.2, 0.25) is 0 Å².